The third-order valence-electron chi connectivity index (χ3n) is 5.82. The second kappa shape index (κ2) is 8.19. The number of hydrogen-bond donors (Lipinski definition) is 2. The number of imidazole rings is 1. The number of hydrogen-bond acceptors (Lipinski definition) is 4. The first-order valence-electron chi connectivity index (χ1n) is 10.5. The summed E-state index contributed by atoms with van der Waals surface area (Å²) >= 11 is 0. The molecule has 1 fully saturated rings. The van der Waals surface area contributed by atoms with Crippen LogP contribution in [0.4, 0.5) is 0 Å². The fourth-order valence-corrected chi connectivity index (χ4v) is 4.24. The zero-order valence-electron chi connectivity index (χ0n) is 16.8. The summed E-state index contributed by atoms with van der Waals surface area (Å²) in [4.78, 5) is 31.6. The van der Waals surface area contributed by atoms with Gasteiger partial charge in [0, 0.05) is 17.9 Å². The van der Waals surface area contributed by atoms with E-state index in [1.165, 1.54) is 12.8 Å². The predicted octanol–water partition coefficient (Wildman–Crippen LogP) is 2.91. The van der Waals surface area contributed by atoms with E-state index >= 15 is 0 Å². The summed E-state index contributed by atoms with van der Waals surface area (Å²) in [6, 6.07) is 7.33. The van der Waals surface area contributed by atoms with Gasteiger partial charge in [-0.05, 0) is 49.8 Å². The maximum Gasteiger partial charge on any atom is 0.277 e. The van der Waals surface area contributed by atoms with Gasteiger partial charge in [0.05, 0.1) is 5.69 Å². The third kappa shape index (κ3) is 3.95. The van der Waals surface area contributed by atoms with E-state index in [9.17, 15) is 9.59 Å². The molecule has 0 saturated heterocycles. The highest BCUT2D eigenvalue weighted by Gasteiger charge is 2.25. The average Bonchev–Trinajstić information content (AvgIpc) is 3.36. The van der Waals surface area contributed by atoms with Gasteiger partial charge < -0.3 is 10.7 Å². The highest BCUT2D eigenvalue weighted by atomic mass is 16.1. The smallest absolute Gasteiger partial charge is 0.277 e. The van der Waals surface area contributed by atoms with Crippen molar-refractivity contribution < 1.29 is 4.79 Å². The van der Waals surface area contributed by atoms with Crippen LogP contribution in [0.1, 0.15) is 78.2 Å². The molecule has 1 aromatic carbocycles. The fraction of sp³-hybridized carbons (Fsp3) is 0.455. The first kappa shape index (κ1) is 19.4. The van der Waals surface area contributed by atoms with Crippen molar-refractivity contribution in [3.63, 3.8) is 0 Å². The maximum atomic E-state index is 12.7. The van der Waals surface area contributed by atoms with Crippen LogP contribution in [0.2, 0.25) is 0 Å². The van der Waals surface area contributed by atoms with E-state index < -0.39 is 5.91 Å². The molecule has 3 N–H and O–H groups in total. The number of aromatic nitrogens is 4. The number of aromatic amines is 1. The number of amides is 1. The van der Waals surface area contributed by atoms with E-state index in [0.717, 1.165) is 49.2 Å². The summed E-state index contributed by atoms with van der Waals surface area (Å²) in [5, 5.41) is 4.76. The second-order valence-corrected chi connectivity index (χ2v) is 7.83. The number of carbonyl (C=O) groups is 1. The van der Waals surface area contributed by atoms with Crippen LogP contribution in [-0.2, 0) is 19.3 Å². The number of rotatable bonds is 7. The number of carbonyl (C=O) groups excluding carboxylic acids is 1. The number of fused-ring (bicyclic) bond motifs is 1. The minimum atomic E-state index is -0.420. The molecule has 0 atom stereocenters. The standard InChI is InChI=1S/C22H27N5O2/c1-2-17-19-22(29)25-18(26-27(19)21(24-17)16-7-3-4-8-16)9-5-6-14-10-12-15(13-11-14)20(23)28/h10-13,16H,2-9H2,1H3,(H2,23,28)(H,25,26,29). The summed E-state index contributed by atoms with van der Waals surface area (Å²) < 4.78 is 1.81. The number of nitrogens with two attached hydrogens (primary N) is 1. The lowest BCUT2D eigenvalue weighted by Gasteiger charge is -2.08. The van der Waals surface area contributed by atoms with Gasteiger partial charge in [-0.25, -0.2) is 9.50 Å². The van der Waals surface area contributed by atoms with Crippen molar-refractivity contribution in [2.75, 3.05) is 0 Å². The lowest BCUT2D eigenvalue weighted by Crippen LogP contribution is -2.18. The van der Waals surface area contributed by atoms with Gasteiger partial charge in [0.15, 0.2) is 5.52 Å². The summed E-state index contributed by atoms with van der Waals surface area (Å²) in [6.45, 7) is 2.03. The highest BCUT2D eigenvalue weighted by molar-refractivity contribution is 5.92. The molecule has 1 amide bonds. The lowest BCUT2D eigenvalue weighted by atomic mass is 10.1. The molecule has 0 unspecified atom stereocenters. The lowest BCUT2D eigenvalue weighted by molar-refractivity contribution is 0.100. The Morgan fingerprint density at radius 3 is 2.59 bits per heavy atom. The molecule has 1 saturated carbocycles. The molecule has 152 valence electrons. The first-order chi connectivity index (χ1) is 14.1. The van der Waals surface area contributed by atoms with Crippen molar-refractivity contribution in [3.05, 3.63) is 63.1 Å². The van der Waals surface area contributed by atoms with Crippen molar-refractivity contribution >= 4 is 11.4 Å². The number of nitrogens with zero attached hydrogens (tertiary/aromatic N) is 3. The van der Waals surface area contributed by atoms with Crippen LogP contribution in [0.25, 0.3) is 5.52 Å². The normalized spacial score (nSPS) is 14.7. The summed E-state index contributed by atoms with van der Waals surface area (Å²) in [6.07, 6.45) is 7.74. The summed E-state index contributed by atoms with van der Waals surface area (Å²) in [7, 11) is 0. The minimum absolute atomic E-state index is 0.102. The first-order valence-corrected chi connectivity index (χ1v) is 10.5. The average molecular weight is 393 g/mol. The quantitative estimate of drug-likeness (QED) is 0.644. The zero-order chi connectivity index (χ0) is 20.4. The van der Waals surface area contributed by atoms with Crippen LogP contribution in [-0.4, -0.2) is 25.5 Å². The Balaban J connectivity index is 1.54. The topological polar surface area (TPSA) is 106 Å². The van der Waals surface area contributed by atoms with Crippen LogP contribution in [0, 0.1) is 0 Å². The van der Waals surface area contributed by atoms with Gasteiger partial charge in [0.2, 0.25) is 5.91 Å². The molecular weight excluding hydrogens is 366 g/mol. The summed E-state index contributed by atoms with van der Waals surface area (Å²) in [5.74, 6) is 1.62. The molecule has 7 nitrogen and oxygen atoms in total. The SMILES string of the molecule is CCc1nc(C2CCCC2)n2nc(CCCc3ccc(C(N)=O)cc3)[nH]c(=O)c12. The molecule has 0 spiro atoms. The largest absolute Gasteiger partial charge is 0.366 e. The van der Waals surface area contributed by atoms with E-state index in [1.807, 2.05) is 23.6 Å². The molecule has 1 aliphatic carbocycles. The second-order valence-electron chi connectivity index (χ2n) is 7.83. The number of aryl methyl sites for hydroxylation is 3. The van der Waals surface area contributed by atoms with E-state index in [2.05, 4.69) is 4.98 Å². The molecule has 2 heterocycles. The van der Waals surface area contributed by atoms with Crippen LogP contribution >= 0.6 is 0 Å². The van der Waals surface area contributed by atoms with Gasteiger partial charge in [-0.15, -0.1) is 0 Å². The molecular formula is C22H27N5O2. The molecule has 2 aromatic heterocycles. The molecule has 1 aliphatic rings. The Hall–Kier alpha value is -2.96. The van der Waals surface area contributed by atoms with Gasteiger partial charge in [-0.2, -0.15) is 5.10 Å². The summed E-state index contributed by atoms with van der Waals surface area (Å²) in [5.41, 5.74) is 8.25. The Bertz CT molecular complexity index is 1080. The Labute approximate surface area is 169 Å². The Morgan fingerprint density at radius 1 is 1.21 bits per heavy atom. The van der Waals surface area contributed by atoms with Crippen molar-refractivity contribution in [1.82, 2.24) is 19.6 Å². The Morgan fingerprint density at radius 2 is 1.93 bits per heavy atom. The van der Waals surface area contributed by atoms with E-state index in [-0.39, 0.29) is 5.56 Å². The number of primary amides is 1. The van der Waals surface area contributed by atoms with Gasteiger partial charge in [-0.3, -0.25) is 9.59 Å². The van der Waals surface area contributed by atoms with Crippen molar-refractivity contribution in [3.8, 4) is 0 Å². The number of benzene rings is 1. The van der Waals surface area contributed by atoms with Gasteiger partial charge in [-0.1, -0.05) is 31.9 Å². The van der Waals surface area contributed by atoms with Crippen molar-refractivity contribution in [1.29, 1.82) is 0 Å². The van der Waals surface area contributed by atoms with Crippen molar-refractivity contribution in [2.45, 2.75) is 64.2 Å². The monoisotopic (exact) mass is 393 g/mol. The zero-order valence-corrected chi connectivity index (χ0v) is 16.8. The molecule has 29 heavy (non-hydrogen) atoms. The molecule has 0 radical (unpaired) electrons. The van der Waals surface area contributed by atoms with E-state index in [1.54, 1.807) is 12.1 Å². The van der Waals surface area contributed by atoms with Crippen LogP contribution in [0.3, 0.4) is 0 Å². The van der Waals surface area contributed by atoms with Gasteiger partial charge in [0.25, 0.3) is 5.56 Å². The molecule has 7 heteroatoms. The van der Waals surface area contributed by atoms with E-state index in [4.69, 9.17) is 15.8 Å². The van der Waals surface area contributed by atoms with Gasteiger partial charge in [0.1, 0.15) is 11.6 Å². The molecule has 4 rings (SSSR count). The van der Waals surface area contributed by atoms with Gasteiger partial charge >= 0.3 is 0 Å². The van der Waals surface area contributed by atoms with Crippen molar-refractivity contribution in [2.24, 2.45) is 5.73 Å². The Kier molecular flexibility index (Phi) is 5.47. The minimum Gasteiger partial charge on any atom is -0.366 e. The predicted molar refractivity (Wildman–Crippen MR) is 111 cm³/mol. The number of H-pyrrole nitrogens is 1. The van der Waals surface area contributed by atoms with Crippen LogP contribution in [0.15, 0.2) is 29.1 Å². The molecule has 0 bridgehead atoms. The van der Waals surface area contributed by atoms with E-state index in [0.29, 0.717) is 29.2 Å². The molecule has 0 aliphatic heterocycles. The third-order valence-corrected chi connectivity index (χ3v) is 5.82. The highest BCUT2D eigenvalue weighted by Crippen LogP contribution is 2.33. The van der Waals surface area contributed by atoms with Crippen LogP contribution in [0.5, 0.6) is 0 Å². The fourth-order valence-electron chi connectivity index (χ4n) is 4.24. The van der Waals surface area contributed by atoms with Crippen LogP contribution < -0.4 is 11.3 Å². The molecule has 3 aromatic rings. The maximum absolute atomic E-state index is 12.7. The number of nitrogens with one attached hydrogen (secondary N) is 1.